The van der Waals surface area contributed by atoms with Crippen LogP contribution in [0.25, 0.3) is 0 Å². The fourth-order valence-electron chi connectivity index (χ4n) is 2.02. The first-order chi connectivity index (χ1) is 6.88. The van der Waals surface area contributed by atoms with Crippen LogP contribution in [0.15, 0.2) is 0 Å². The summed E-state index contributed by atoms with van der Waals surface area (Å²) in [4.78, 5) is 1.29. The molecular weight excluding hydrogens is 209 g/mol. The van der Waals surface area contributed by atoms with Crippen molar-refractivity contribution in [2.24, 2.45) is 5.73 Å². The molecule has 0 aromatic rings. The van der Waals surface area contributed by atoms with Crippen molar-refractivity contribution in [3.8, 4) is 0 Å². The van der Waals surface area contributed by atoms with E-state index in [2.05, 4.69) is 0 Å². The maximum absolute atomic E-state index is 12.6. The summed E-state index contributed by atoms with van der Waals surface area (Å²) < 4.78 is 43.0. The van der Waals surface area contributed by atoms with Crippen LogP contribution in [0.5, 0.6) is 0 Å². The molecular formula is C9H17F3N2O. The number of hydrogen-bond donors (Lipinski definition) is 1. The van der Waals surface area contributed by atoms with Gasteiger partial charge < -0.3 is 10.5 Å². The van der Waals surface area contributed by atoms with Crippen LogP contribution in [0.3, 0.4) is 0 Å². The summed E-state index contributed by atoms with van der Waals surface area (Å²) in [6.07, 6.45) is -3.80. The Morgan fingerprint density at radius 1 is 1.53 bits per heavy atom. The maximum Gasteiger partial charge on any atom is 0.405 e. The van der Waals surface area contributed by atoms with Gasteiger partial charge in [0.25, 0.3) is 0 Å². The molecule has 3 atom stereocenters. The van der Waals surface area contributed by atoms with Crippen LogP contribution in [0.2, 0.25) is 0 Å². The van der Waals surface area contributed by atoms with Crippen molar-refractivity contribution in [2.45, 2.75) is 37.7 Å². The van der Waals surface area contributed by atoms with Crippen LogP contribution in [-0.2, 0) is 4.74 Å². The molecule has 6 heteroatoms. The van der Waals surface area contributed by atoms with Crippen molar-refractivity contribution >= 4 is 0 Å². The van der Waals surface area contributed by atoms with Gasteiger partial charge in [0, 0.05) is 19.2 Å². The lowest BCUT2D eigenvalue weighted by atomic mass is 10.1. The van der Waals surface area contributed by atoms with Crippen molar-refractivity contribution in [2.75, 3.05) is 20.2 Å². The van der Waals surface area contributed by atoms with E-state index in [-0.39, 0.29) is 12.1 Å². The molecule has 15 heavy (non-hydrogen) atoms. The fraction of sp³-hybridized carbons (Fsp3) is 1.00. The van der Waals surface area contributed by atoms with Crippen LogP contribution in [0.1, 0.15) is 13.3 Å². The van der Waals surface area contributed by atoms with E-state index in [1.165, 1.54) is 11.9 Å². The molecule has 0 spiro atoms. The van der Waals surface area contributed by atoms with Gasteiger partial charge in [0.2, 0.25) is 0 Å². The molecule has 0 bridgehead atoms. The largest absolute Gasteiger partial charge is 0.405 e. The zero-order valence-corrected chi connectivity index (χ0v) is 8.92. The smallest absolute Gasteiger partial charge is 0.377 e. The van der Waals surface area contributed by atoms with E-state index in [4.69, 9.17) is 10.5 Å². The van der Waals surface area contributed by atoms with Crippen molar-refractivity contribution in [3.63, 3.8) is 0 Å². The number of hydrogen-bond acceptors (Lipinski definition) is 3. The monoisotopic (exact) mass is 226 g/mol. The number of halogens is 3. The third-order valence-electron chi connectivity index (χ3n) is 2.95. The predicted molar refractivity (Wildman–Crippen MR) is 50.5 cm³/mol. The highest BCUT2D eigenvalue weighted by Crippen LogP contribution is 2.28. The molecule has 3 unspecified atom stereocenters. The van der Waals surface area contributed by atoms with Gasteiger partial charge >= 0.3 is 6.18 Å². The third-order valence-corrected chi connectivity index (χ3v) is 2.95. The quantitative estimate of drug-likeness (QED) is 0.779. The molecule has 1 rings (SSSR count). The van der Waals surface area contributed by atoms with E-state index < -0.39 is 18.8 Å². The second kappa shape index (κ2) is 4.67. The molecule has 0 aromatic carbocycles. The van der Waals surface area contributed by atoms with E-state index in [1.54, 1.807) is 6.92 Å². The van der Waals surface area contributed by atoms with Gasteiger partial charge in [-0.15, -0.1) is 0 Å². The Balaban J connectivity index is 2.68. The number of likely N-dealkylation sites (N-methyl/N-ethyl adjacent to an activating group) is 1. The summed E-state index contributed by atoms with van der Waals surface area (Å²) >= 11 is 0. The van der Waals surface area contributed by atoms with Gasteiger partial charge in [-0.05, 0) is 20.4 Å². The Labute approximate surface area is 87.4 Å². The lowest BCUT2D eigenvalue weighted by molar-refractivity contribution is -0.184. The second-order valence-electron chi connectivity index (χ2n) is 3.89. The summed E-state index contributed by atoms with van der Waals surface area (Å²) in [6, 6.07) is -1.77. The van der Waals surface area contributed by atoms with Gasteiger partial charge in [-0.3, -0.25) is 4.90 Å². The molecule has 0 saturated carbocycles. The van der Waals surface area contributed by atoms with Crippen molar-refractivity contribution in [1.82, 2.24) is 4.90 Å². The molecule has 0 aliphatic carbocycles. The van der Waals surface area contributed by atoms with Gasteiger partial charge in [-0.2, -0.15) is 13.2 Å². The Hall–Kier alpha value is -0.330. The van der Waals surface area contributed by atoms with E-state index in [1.807, 2.05) is 0 Å². The first-order valence-electron chi connectivity index (χ1n) is 4.98. The Morgan fingerprint density at radius 2 is 2.13 bits per heavy atom. The highest BCUT2D eigenvalue weighted by molar-refractivity contribution is 4.88. The zero-order valence-electron chi connectivity index (χ0n) is 8.92. The summed E-state index contributed by atoms with van der Waals surface area (Å²) in [6.45, 7) is 1.90. The summed E-state index contributed by atoms with van der Waals surface area (Å²) in [5.74, 6) is 0. The molecule has 0 aromatic heterocycles. The summed E-state index contributed by atoms with van der Waals surface area (Å²) in [5.41, 5.74) is 5.17. The molecule has 1 aliphatic heterocycles. The molecule has 1 saturated heterocycles. The summed E-state index contributed by atoms with van der Waals surface area (Å²) in [7, 11) is 1.46. The molecule has 2 N–H and O–H groups in total. The lowest BCUT2D eigenvalue weighted by Gasteiger charge is -2.34. The standard InChI is InChI=1S/C9H17F3N2O/c1-6-7(3-4-15-6)14(2)8(5-13)9(10,11)12/h6-8H,3-5,13H2,1-2H3. The number of nitrogens with zero attached hydrogens (tertiary/aromatic N) is 1. The molecule has 1 fully saturated rings. The summed E-state index contributed by atoms with van der Waals surface area (Å²) in [5, 5.41) is 0. The van der Waals surface area contributed by atoms with E-state index in [0.717, 1.165) is 0 Å². The normalized spacial score (nSPS) is 29.8. The Morgan fingerprint density at radius 3 is 2.47 bits per heavy atom. The van der Waals surface area contributed by atoms with Crippen LogP contribution in [-0.4, -0.2) is 49.5 Å². The van der Waals surface area contributed by atoms with Crippen molar-refractivity contribution in [3.05, 3.63) is 0 Å². The number of nitrogens with two attached hydrogens (primary N) is 1. The first kappa shape index (κ1) is 12.7. The molecule has 0 radical (unpaired) electrons. The van der Waals surface area contributed by atoms with Gasteiger partial charge in [-0.1, -0.05) is 0 Å². The van der Waals surface area contributed by atoms with Gasteiger partial charge in [-0.25, -0.2) is 0 Å². The molecule has 90 valence electrons. The minimum atomic E-state index is -4.27. The van der Waals surface area contributed by atoms with Crippen LogP contribution < -0.4 is 5.73 Å². The third kappa shape index (κ3) is 2.83. The lowest BCUT2D eigenvalue weighted by Crippen LogP contribution is -2.54. The molecule has 1 heterocycles. The average Bonchev–Trinajstić information content (AvgIpc) is 2.49. The predicted octanol–water partition coefficient (Wildman–Crippen LogP) is 0.985. The van der Waals surface area contributed by atoms with Crippen molar-refractivity contribution < 1.29 is 17.9 Å². The SMILES string of the molecule is CC1OCCC1N(C)C(CN)C(F)(F)F. The fourth-order valence-corrected chi connectivity index (χ4v) is 2.02. The highest BCUT2D eigenvalue weighted by Gasteiger charge is 2.45. The van der Waals surface area contributed by atoms with Crippen molar-refractivity contribution in [1.29, 1.82) is 0 Å². The first-order valence-corrected chi connectivity index (χ1v) is 4.98. The molecule has 1 aliphatic rings. The van der Waals surface area contributed by atoms with Gasteiger partial charge in [0.15, 0.2) is 0 Å². The number of ether oxygens (including phenoxy) is 1. The maximum atomic E-state index is 12.6. The van der Waals surface area contributed by atoms with Gasteiger partial charge in [0.05, 0.1) is 6.10 Å². The topological polar surface area (TPSA) is 38.5 Å². The average molecular weight is 226 g/mol. The second-order valence-corrected chi connectivity index (χ2v) is 3.89. The molecule has 3 nitrogen and oxygen atoms in total. The Kier molecular flexibility index (Phi) is 3.97. The van der Waals surface area contributed by atoms with Crippen LogP contribution in [0, 0.1) is 0 Å². The number of rotatable bonds is 3. The minimum absolute atomic E-state index is 0.161. The Bertz CT molecular complexity index is 210. The number of alkyl halides is 3. The van der Waals surface area contributed by atoms with Gasteiger partial charge in [0.1, 0.15) is 6.04 Å². The van der Waals surface area contributed by atoms with E-state index >= 15 is 0 Å². The minimum Gasteiger partial charge on any atom is -0.377 e. The van der Waals surface area contributed by atoms with E-state index in [9.17, 15) is 13.2 Å². The molecule has 0 amide bonds. The van der Waals surface area contributed by atoms with Crippen LogP contribution >= 0.6 is 0 Å². The highest BCUT2D eigenvalue weighted by atomic mass is 19.4. The van der Waals surface area contributed by atoms with Crippen LogP contribution in [0.4, 0.5) is 13.2 Å². The zero-order chi connectivity index (χ0) is 11.6. The van der Waals surface area contributed by atoms with E-state index in [0.29, 0.717) is 13.0 Å².